The van der Waals surface area contributed by atoms with E-state index in [9.17, 15) is 0 Å². The molecule has 1 aliphatic carbocycles. The number of halogens is 1. The first-order chi connectivity index (χ1) is 8.92. The number of nitrogens with one attached hydrogen (secondary N) is 1. The zero-order chi connectivity index (χ0) is 14.0. The Labute approximate surface area is 121 Å². The van der Waals surface area contributed by atoms with Gasteiger partial charge in [-0.05, 0) is 53.0 Å². The first-order valence-electron chi connectivity index (χ1n) is 7.38. The van der Waals surface area contributed by atoms with Crippen LogP contribution in [0.25, 0.3) is 0 Å². The minimum absolute atomic E-state index is 0.182. The van der Waals surface area contributed by atoms with Crippen molar-refractivity contribution in [2.45, 2.75) is 65.0 Å². The number of nitrogens with zero attached hydrogens (tertiary/aromatic N) is 2. The Hall–Kier alpha value is -0.540. The highest BCUT2D eigenvalue weighted by Crippen LogP contribution is 2.42. The molecular weight excluding hydrogens is 258 g/mol. The van der Waals surface area contributed by atoms with E-state index in [1.54, 1.807) is 6.20 Å². The van der Waals surface area contributed by atoms with E-state index < -0.39 is 0 Å². The third-order valence-corrected chi connectivity index (χ3v) is 4.33. The van der Waals surface area contributed by atoms with Gasteiger partial charge in [0.05, 0.1) is 16.9 Å². The number of rotatable bonds is 4. The molecule has 2 atom stereocenters. The van der Waals surface area contributed by atoms with E-state index in [4.69, 9.17) is 11.6 Å². The Kier molecular flexibility index (Phi) is 4.57. The van der Waals surface area contributed by atoms with Crippen LogP contribution >= 0.6 is 11.6 Å². The van der Waals surface area contributed by atoms with Gasteiger partial charge >= 0.3 is 0 Å². The molecular formula is C15H26ClN3. The van der Waals surface area contributed by atoms with E-state index in [0.29, 0.717) is 11.8 Å². The van der Waals surface area contributed by atoms with Gasteiger partial charge in [0.1, 0.15) is 0 Å². The molecule has 1 saturated carbocycles. The van der Waals surface area contributed by atoms with Crippen molar-refractivity contribution in [3.05, 3.63) is 16.9 Å². The van der Waals surface area contributed by atoms with Gasteiger partial charge < -0.3 is 5.32 Å². The normalized spacial score (nSPS) is 24.1. The summed E-state index contributed by atoms with van der Waals surface area (Å²) < 4.78 is 2.07. The monoisotopic (exact) mass is 283 g/mol. The highest BCUT2D eigenvalue weighted by Gasteiger charge is 2.33. The van der Waals surface area contributed by atoms with Crippen LogP contribution in [-0.2, 0) is 6.54 Å². The van der Waals surface area contributed by atoms with Crippen LogP contribution in [0.15, 0.2) is 6.20 Å². The van der Waals surface area contributed by atoms with E-state index in [1.807, 2.05) is 0 Å². The van der Waals surface area contributed by atoms with Crippen LogP contribution in [0.1, 0.15) is 58.6 Å². The van der Waals surface area contributed by atoms with Crippen molar-refractivity contribution in [2.75, 3.05) is 6.54 Å². The fourth-order valence-electron chi connectivity index (χ4n) is 3.07. The average molecular weight is 284 g/mol. The van der Waals surface area contributed by atoms with Crippen molar-refractivity contribution >= 4 is 11.6 Å². The van der Waals surface area contributed by atoms with Crippen molar-refractivity contribution in [1.82, 2.24) is 15.1 Å². The molecule has 108 valence electrons. The summed E-state index contributed by atoms with van der Waals surface area (Å²) in [7, 11) is 0. The molecule has 0 aromatic carbocycles. The average Bonchev–Trinajstić information content (AvgIpc) is 2.91. The van der Waals surface area contributed by atoms with E-state index in [0.717, 1.165) is 18.1 Å². The fourth-order valence-corrected chi connectivity index (χ4v) is 3.35. The second-order valence-corrected chi connectivity index (χ2v) is 7.03. The van der Waals surface area contributed by atoms with Crippen LogP contribution in [0.2, 0.25) is 5.02 Å². The maximum absolute atomic E-state index is 6.36. The summed E-state index contributed by atoms with van der Waals surface area (Å²) in [6.07, 6.45) is 5.63. The van der Waals surface area contributed by atoms with E-state index in [-0.39, 0.29) is 5.54 Å². The molecule has 0 saturated heterocycles. The van der Waals surface area contributed by atoms with Gasteiger partial charge in [-0.3, -0.25) is 4.68 Å². The summed E-state index contributed by atoms with van der Waals surface area (Å²) in [5, 5.41) is 8.87. The first kappa shape index (κ1) is 14.9. The zero-order valence-electron chi connectivity index (χ0n) is 12.5. The number of hydrogen-bond donors (Lipinski definition) is 1. The molecule has 1 aliphatic rings. The van der Waals surface area contributed by atoms with Gasteiger partial charge in [0.15, 0.2) is 0 Å². The molecule has 0 radical (unpaired) electrons. The molecule has 3 nitrogen and oxygen atoms in total. The highest BCUT2D eigenvalue weighted by molar-refractivity contribution is 6.31. The van der Waals surface area contributed by atoms with Crippen LogP contribution in [0.4, 0.5) is 0 Å². The van der Waals surface area contributed by atoms with E-state index in [1.165, 1.54) is 25.0 Å². The molecule has 1 aromatic rings. The lowest BCUT2D eigenvalue weighted by Gasteiger charge is -2.27. The molecule has 4 heteroatoms. The number of aromatic nitrogens is 2. The Morgan fingerprint density at radius 2 is 2.16 bits per heavy atom. The third-order valence-electron chi connectivity index (χ3n) is 4.04. The molecule has 1 N–H and O–H groups in total. The maximum atomic E-state index is 6.36. The lowest BCUT2D eigenvalue weighted by molar-refractivity contribution is 0.349. The summed E-state index contributed by atoms with van der Waals surface area (Å²) in [5.41, 5.74) is 1.43. The predicted octanol–water partition coefficient (Wildman–Crippen LogP) is 3.83. The Morgan fingerprint density at radius 1 is 1.42 bits per heavy atom. The van der Waals surface area contributed by atoms with Crippen LogP contribution in [0.3, 0.4) is 0 Å². The lowest BCUT2D eigenvalue weighted by Crippen LogP contribution is -2.39. The molecule has 0 aliphatic heterocycles. The summed E-state index contributed by atoms with van der Waals surface area (Å²) in [6, 6.07) is 0. The van der Waals surface area contributed by atoms with Gasteiger partial charge in [-0.15, -0.1) is 0 Å². The van der Waals surface area contributed by atoms with Crippen molar-refractivity contribution in [3.63, 3.8) is 0 Å². The van der Waals surface area contributed by atoms with Crippen molar-refractivity contribution in [1.29, 1.82) is 0 Å². The van der Waals surface area contributed by atoms with Gasteiger partial charge in [-0.25, -0.2) is 0 Å². The Morgan fingerprint density at radius 3 is 2.79 bits per heavy atom. The van der Waals surface area contributed by atoms with Crippen molar-refractivity contribution in [3.8, 4) is 0 Å². The predicted molar refractivity (Wildman–Crippen MR) is 80.7 cm³/mol. The summed E-state index contributed by atoms with van der Waals surface area (Å²) in [6.45, 7) is 10.8. The molecule has 1 aromatic heterocycles. The lowest BCUT2D eigenvalue weighted by atomic mass is 9.91. The summed E-state index contributed by atoms with van der Waals surface area (Å²) in [5.74, 6) is 1.24. The highest BCUT2D eigenvalue weighted by atomic mass is 35.5. The topological polar surface area (TPSA) is 29.9 Å². The molecule has 19 heavy (non-hydrogen) atoms. The summed E-state index contributed by atoms with van der Waals surface area (Å²) >= 11 is 6.36. The minimum Gasteiger partial charge on any atom is -0.312 e. The van der Waals surface area contributed by atoms with Gasteiger partial charge in [0.2, 0.25) is 0 Å². The van der Waals surface area contributed by atoms with Crippen LogP contribution in [-0.4, -0.2) is 21.9 Å². The van der Waals surface area contributed by atoms with Crippen LogP contribution < -0.4 is 5.32 Å². The van der Waals surface area contributed by atoms with Gasteiger partial charge in [0.25, 0.3) is 0 Å². The van der Waals surface area contributed by atoms with Crippen molar-refractivity contribution < 1.29 is 0 Å². The van der Waals surface area contributed by atoms with Crippen molar-refractivity contribution in [2.24, 2.45) is 5.92 Å². The molecule has 0 spiro atoms. The molecule has 2 rings (SSSR count). The molecule has 0 amide bonds. The minimum atomic E-state index is 0.182. The van der Waals surface area contributed by atoms with Crippen LogP contribution in [0.5, 0.6) is 0 Å². The number of aryl methyl sites for hydroxylation is 1. The quantitative estimate of drug-likeness (QED) is 0.910. The molecule has 1 heterocycles. The van der Waals surface area contributed by atoms with E-state index >= 15 is 0 Å². The molecule has 0 bridgehead atoms. The zero-order valence-corrected chi connectivity index (χ0v) is 13.3. The second-order valence-electron chi connectivity index (χ2n) is 6.62. The van der Waals surface area contributed by atoms with Gasteiger partial charge in [0, 0.05) is 18.0 Å². The number of hydrogen-bond acceptors (Lipinski definition) is 2. The Balaban J connectivity index is 2.12. The van der Waals surface area contributed by atoms with Crippen LogP contribution in [0, 0.1) is 5.92 Å². The second kappa shape index (κ2) is 5.84. The third kappa shape index (κ3) is 3.51. The Bertz CT molecular complexity index is 420. The largest absolute Gasteiger partial charge is 0.312 e. The fraction of sp³-hybridized carbons (Fsp3) is 0.800. The smallest absolute Gasteiger partial charge is 0.0820 e. The van der Waals surface area contributed by atoms with E-state index in [2.05, 4.69) is 42.8 Å². The van der Waals surface area contributed by atoms with Gasteiger partial charge in [-0.1, -0.05) is 18.0 Å². The molecule has 1 fully saturated rings. The summed E-state index contributed by atoms with van der Waals surface area (Å²) in [4.78, 5) is 0. The first-order valence-corrected chi connectivity index (χ1v) is 7.76. The standard InChI is InChI=1S/C15H26ClN3/c1-5-19-14(13(16)10-18-19)12-8-6-7-11(12)9-17-15(2,3)4/h10-12,17H,5-9H2,1-4H3. The SMILES string of the molecule is CCn1ncc(Cl)c1C1CCCC1CNC(C)(C)C. The maximum Gasteiger partial charge on any atom is 0.0820 e. The molecule has 2 unspecified atom stereocenters. The van der Waals surface area contributed by atoms with Gasteiger partial charge in [-0.2, -0.15) is 5.10 Å².